The maximum Gasteiger partial charge on any atom is 0.253 e. The van der Waals surface area contributed by atoms with Crippen LogP contribution in [-0.4, -0.2) is 22.6 Å². The minimum Gasteiger partial charge on any atom is -0.398 e. The summed E-state index contributed by atoms with van der Waals surface area (Å²) in [5, 5.41) is 6.43. The molecule has 1 amide bonds. The van der Waals surface area contributed by atoms with Gasteiger partial charge in [-0.1, -0.05) is 21.1 Å². The van der Waals surface area contributed by atoms with Crippen LogP contribution in [0.3, 0.4) is 0 Å². The number of carbonyl (C=O) groups is 1. The number of hydrogen-bond donors (Lipinski definition) is 2. The van der Waals surface area contributed by atoms with Crippen molar-refractivity contribution in [1.29, 1.82) is 0 Å². The molecule has 0 spiro atoms. The van der Waals surface area contributed by atoms with Gasteiger partial charge in [0.15, 0.2) is 5.82 Å². The molecule has 0 aliphatic rings. The molecule has 0 unspecified atom stereocenters. The lowest BCUT2D eigenvalue weighted by Gasteiger charge is -2.06. The smallest absolute Gasteiger partial charge is 0.253 e. The number of halogens is 2. The maximum atomic E-state index is 11.9. The number of nitrogens with one attached hydrogen (secondary N) is 1. The molecule has 20 heavy (non-hydrogen) atoms. The third-order valence-corrected chi connectivity index (χ3v) is 2.95. The molecule has 0 fully saturated rings. The van der Waals surface area contributed by atoms with Crippen molar-refractivity contribution in [2.45, 2.75) is 13.3 Å². The van der Waals surface area contributed by atoms with Gasteiger partial charge in [-0.25, -0.2) is 0 Å². The summed E-state index contributed by atoms with van der Waals surface area (Å²) in [5.74, 6) is 0.862. The summed E-state index contributed by atoms with van der Waals surface area (Å²) in [6, 6.07) is 5.13. The van der Waals surface area contributed by atoms with Crippen LogP contribution in [0.1, 0.15) is 22.1 Å². The van der Waals surface area contributed by atoms with Crippen molar-refractivity contribution in [2.75, 3.05) is 12.3 Å². The van der Waals surface area contributed by atoms with E-state index in [4.69, 9.17) is 10.3 Å². The summed E-state index contributed by atoms with van der Waals surface area (Å²) in [4.78, 5) is 15.9. The van der Waals surface area contributed by atoms with Crippen LogP contribution in [0.5, 0.6) is 0 Å². The van der Waals surface area contributed by atoms with E-state index in [0.29, 0.717) is 35.9 Å². The molecule has 2 aromatic rings. The highest BCUT2D eigenvalue weighted by Gasteiger charge is 2.10. The molecule has 0 aliphatic heterocycles. The number of amides is 1. The monoisotopic (exact) mass is 360 g/mol. The lowest BCUT2D eigenvalue weighted by Crippen LogP contribution is -2.26. The molecular formula is C12H14BrClN4O2. The highest BCUT2D eigenvalue weighted by atomic mass is 79.9. The number of rotatable bonds is 4. The van der Waals surface area contributed by atoms with Gasteiger partial charge in [0.25, 0.3) is 5.91 Å². The molecular weight excluding hydrogens is 348 g/mol. The van der Waals surface area contributed by atoms with Gasteiger partial charge in [0.1, 0.15) is 0 Å². The van der Waals surface area contributed by atoms with Crippen LogP contribution in [0.4, 0.5) is 5.69 Å². The zero-order chi connectivity index (χ0) is 13.8. The number of anilines is 1. The van der Waals surface area contributed by atoms with Crippen LogP contribution in [0, 0.1) is 6.92 Å². The Morgan fingerprint density at radius 3 is 2.85 bits per heavy atom. The van der Waals surface area contributed by atoms with Gasteiger partial charge in [-0.15, -0.1) is 12.4 Å². The van der Waals surface area contributed by atoms with E-state index >= 15 is 0 Å². The molecule has 1 aromatic carbocycles. The number of aromatic nitrogens is 2. The van der Waals surface area contributed by atoms with Crippen molar-refractivity contribution >= 4 is 39.9 Å². The molecule has 0 bridgehead atoms. The summed E-state index contributed by atoms with van der Waals surface area (Å²) in [6.07, 6.45) is 0.489. The van der Waals surface area contributed by atoms with Gasteiger partial charge in [0, 0.05) is 23.1 Å². The lowest BCUT2D eigenvalue weighted by molar-refractivity contribution is 0.0954. The number of nitrogen functional groups attached to an aromatic ring is 1. The van der Waals surface area contributed by atoms with E-state index < -0.39 is 0 Å². The predicted molar refractivity (Wildman–Crippen MR) is 80.9 cm³/mol. The quantitative estimate of drug-likeness (QED) is 0.814. The molecule has 0 saturated heterocycles. The minimum atomic E-state index is -0.221. The van der Waals surface area contributed by atoms with Gasteiger partial charge < -0.3 is 15.6 Å². The van der Waals surface area contributed by atoms with Crippen LogP contribution >= 0.6 is 28.3 Å². The largest absolute Gasteiger partial charge is 0.398 e. The SMILES string of the molecule is Cc1noc(CCNC(=O)c2ccc(Br)cc2N)n1.Cl. The third-order valence-electron chi connectivity index (χ3n) is 2.45. The predicted octanol–water partition coefficient (Wildman–Crippen LogP) is 2.12. The number of hydrogen-bond acceptors (Lipinski definition) is 5. The van der Waals surface area contributed by atoms with Crippen LogP contribution in [0.25, 0.3) is 0 Å². The summed E-state index contributed by atoms with van der Waals surface area (Å²) in [6.45, 7) is 2.16. The van der Waals surface area contributed by atoms with Gasteiger partial charge in [-0.3, -0.25) is 4.79 Å². The van der Waals surface area contributed by atoms with E-state index in [1.165, 1.54) is 0 Å². The average molecular weight is 362 g/mol. The Kier molecular flexibility index (Phi) is 5.97. The van der Waals surface area contributed by atoms with Crippen LogP contribution in [0.2, 0.25) is 0 Å². The standard InChI is InChI=1S/C12H13BrN4O2.ClH/c1-7-16-11(19-17-7)4-5-15-12(18)9-3-2-8(13)6-10(9)14;/h2-3,6H,4-5,14H2,1H3,(H,15,18);1H. The molecule has 1 heterocycles. The first-order valence-corrected chi connectivity index (χ1v) is 6.48. The Labute approximate surface area is 130 Å². The third kappa shape index (κ3) is 4.21. The van der Waals surface area contributed by atoms with Gasteiger partial charge in [0.2, 0.25) is 5.89 Å². The summed E-state index contributed by atoms with van der Waals surface area (Å²) >= 11 is 3.29. The van der Waals surface area contributed by atoms with E-state index in [2.05, 4.69) is 31.4 Å². The van der Waals surface area contributed by atoms with Crippen LogP contribution < -0.4 is 11.1 Å². The Hall–Kier alpha value is -1.60. The van der Waals surface area contributed by atoms with Crippen molar-refractivity contribution < 1.29 is 9.32 Å². The summed E-state index contributed by atoms with van der Waals surface area (Å²) < 4.78 is 5.78. The molecule has 3 N–H and O–H groups in total. The molecule has 6 nitrogen and oxygen atoms in total. The molecule has 1 aromatic heterocycles. The normalized spacial score (nSPS) is 9.90. The fourth-order valence-electron chi connectivity index (χ4n) is 1.56. The number of benzene rings is 1. The van der Waals surface area contributed by atoms with Crippen molar-refractivity contribution in [3.8, 4) is 0 Å². The first kappa shape index (κ1) is 16.5. The van der Waals surface area contributed by atoms with Crippen molar-refractivity contribution in [3.05, 3.63) is 40.0 Å². The van der Waals surface area contributed by atoms with Crippen LogP contribution in [-0.2, 0) is 6.42 Å². The van der Waals surface area contributed by atoms with E-state index in [9.17, 15) is 4.79 Å². The van der Waals surface area contributed by atoms with Crippen LogP contribution in [0.15, 0.2) is 27.2 Å². The van der Waals surface area contributed by atoms with E-state index in [1.807, 2.05) is 0 Å². The summed E-state index contributed by atoms with van der Waals surface area (Å²) in [5.41, 5.74) is 6.66. The molecule has 2 rings (SSSR count). The van der Waals surface area contributed by atoms with E-state index in [1.54, 1.807) is 25.1 Å². The Morgan fingerprint density at radius 2 is 2.25 bits per heavy atom. The van der Waals surface area contributed by atoms with Crippen molar-refractivity contribution in [1.82, 2.24) is 15.5 Å². The second-order valence-corrected chi connectivity index (χ2v) is 4.89. The first-order valence-electron chi connectivity index (χ1n) is 5.68. The zero-order valence-corrected chi connectivity index (χ0v) is 13.1. The zero-order valence-electron chi connectivity index (χ0n) is 10.7. The Balaban J connectivity index is 0.00000200. The molecule has 0 atom stereocenters. The number of aryl methyl sites for hydroxylation is 1. The van der Waals surface area contributed by atoms with E-state index in [0.717, 1.165) is 4.47 Å². The molecule has 0 aliphatic carbocycles. The highest BCUT2D eigenvalue weighted by Crippen LogP contribution is 2.18. The molecule has 0 radical (unpaired) electrons. The van der Waals surface area contributed by atoms with E-state index in [-0.39, 0.29) is 18.3 Å². The average Bonchev–Trinajstić information content (AvgIpc) is 2.75. The maximum absolute atomic E-state index is 11.9. The minimum absolute atomic E-state index is 0. The fourth-order valence-corrected chi connectivity index (χ4v) is 1.94. The van der Waals surface area contributed by atoms with Gasteiger partial charge in [-0.05, 0) is 25.1 Å². The fraction of sp³-hybridized carbons (Fsp3) is 0.250. The van der Waals surface area contributed by atoms with Crippen molar-refractivity contribution in [3.63, 3.8) is 0 Å². The Bertz CT molecular complexity index is 603. The highest BCUT2D eigenvalue weighted by molar-refractivity contribution is 9.10. The number of nitrogens with zero attached hydrogens (tertiary/aromatic N) is 2. The number of nitrogens with two attached hydrogens (primary N) is 1. The topological polar surface area (TPSA) is 94.0 Å². The number of carbonyl (C=O) groups excluding carboxylic acids is 1. The van der Waals surface area contributed by atoms with Gasteiger partial charge in [0.05, 0.1) is 5.56 Å². The second-order valence-electron chi connectivity index (χ2n) is 3.97. The molecule has 108 valence electrons. The lowest BCUT2D eigenvalue weighted by atomic mass is 10.1. The first-order chi connectivity index (χ1) is 9.06. The van der Waals surface area contributed by atoms with Gasteiger partial charge >= 0.3 is 0 Å². The Morgan fingerprint density at radius 1 is 1.50 bits per heavy atom. The molecule has 0 saturated carbocycles. The second kappa shape index (κ2) is 7.25. The summed E-state index contributed by atoms with van der Waals surface area (Å²) in [7, 11) is 0. The van der Waals surface area contributed by atoms with Crippen molar-refractivity contribution in [2.24, 2.45) is 0 Å². The van der Waals surface area contributed by atoms with Gasteiger partial charge in [-0.2, -0.15) is 4.98 Å². The molecule has 8 heteroatoms.